The molecule has 0 saturated carbocycles. The van der Waals surface area contributed by atoms with Crippen LogP contribution in [0.25, 0.3) is 21.8 Å². The zero-order chi connectivity index (χ0) is 16.5. The standard InChI is InChI=1S/C20H17N3O/c1-13-4-2-5-14(10-13)12-22-15-7-8-17-18(11-15)16-6-3-9-21-19(16)23-20(17)24/h2-11,22H,12H2,1H3,(H,21,23,24). The lowest BCUT2D eigenvalue weighted by atomic mass is 10.1. The van der Waals surface area contributed by atoms with Crippen molar-refractivity contribution in [3.63, 3.8) is 0 Å². The Morgan fingerprint density at radius 1 is 1.00 bits per heavy atom. The minimum absolute atomic E-state index is 0.110. The van der Waals surface area contributed by atoms with Gasteiger partial charge in [0, 0.05) is 34.6 Å². The van der Waals surface area contributed by atoms with Gasteiger partial charge in [-0.3, -0.25) is 4.79 Å². The highest BCUT2D eigenvalue weighted by molar-refractivity contribution is 6.05. The summed E-state index contributed by atoms with van der Waals surface area (Å²) in [5, 5.41) is 5.97. The van der Waals surface area contributed by atoms with Crippen LogP contribution >= 0.6 is 0 Å². The van der Waals surface area contributed by atoms with E-state index in [4.69, 9.17) is 0 Å². The molecule has 0 amide bonds. The number of nitrogens with zero attached hydrogens (tertiary/aromatic N) is 1. The van der Waals surface area contributed by atoms with Gasteiger partial charge >= 0.3 is 0 Å². The van der Waals surface area contributed by atoms with E-state index in [9.17, 15) is 4.79 Å². The first-order valence-electron chi connectivity index (χ1n) is 7.91. The fraction of sp³-hybridized carbons (Fsp3) is 0.100. The third-order valence-electron chi connectivity index (χ3n) is 4.17. The normalized spacial score (nSPS) is 11.0. The zero-order valence-corrected chi connectivity index (χ0v) is 13.3. The molecule has 4 rings (SSSR count). The number of hydrogen-bond donors (Lipinski definition) is 2. The molecule has 4 aromatic rings. The van der Waals surface area contributed by atoms with Crippen molar-refractivity contribution in [2.75, 3.05) is 5.32 Å². The zero-order valence-electron chi connectivity index (χ0n) is 13.3. The SMILES string of the molecule is Cc1cccc(CNc2ccc3c(=O)[nH]c4ncccc4c3c2)c1. The van der Waals surface area contributed by atoms with Crippen LogP contribution in [0.5, 0.6) is 0 Å². The highest BCUT2D eigenvalue weighted by Crippen LogP contribution is 2.23. The van der Waals surface area contributed by atoms with E-state index in [1.807, 2.05) is 30.3 Å². The molecule has 0 radical (unpaired) electrons. The Morgan fingerprint density at radius 3 is 2.79 bits per heavy atom. The van der Waals surface area contributed by atoms with Gasteiger partial charge in [-0.2, -0.15) is 0 Å². The average Bonchev–Trinajstić information content (AvgIpc) is 2.60. The Bertz CT molecular complexity index is 1100. The molecule has 0 aliphatic rings. The lowest BCUT2D eigenvalue weighted by Crippen LogP contribution is -2.07. The van der Waals surface area contributed by atoms with Crippen LogP contribution in [0.4, 0.5) is 5.69 Å². The predicted molar refractivity (Wildman–Crippen MR) is 98.4 cm³/mol. The quantitative estimate of drug-likeness (QED) is 0.562. The van der Waals surface area contributed by atoms with E-state index in [0.29, 0.717) is 11.0 Å². The first kappa shape index (κ1) is 14.5. The molecule has 4 heteroatoms. The van der Waals surface area contributed by atoms with Crippen molar-refractivity contribution in [3.8, 4) is 0 Å². The molecule has 0 spiro atoms. The van der Waals surface area contributed by atoms with E-state index in [1.165, 1.54) is 11.1 Å². The highest BCUT2D eigenvalue weighted by Gasteiger charge is 2.06. The Labute approximate surface area is 139 Å². The van der Waals surface area contributed by atoms with Crippen molar-refractivity contribution in [1.82, 2.24) is 9.97 Å². The fourth-order valence-electron chi connectivity index (χ4n) is 3.00. The summed E-state index contributed by atoms with van der Waals surface area (Å²) in [7, 11) is 0. The number of hydrogen-bond acceptors (Lipinski definition) is 3. The summed E-state index contributed by atoms with van der Waals surface area (Å²) in [5.41, 5.74) is 3.97. The summed E-state index contributed by atoms with van der Waals surface area (Å²) in [6.45, 7) is 2.83. The molecule has 4 nitrogen and oxygen atoms in total. The maximum absolute atomic E-state index is 12.2. The van der Waals surface area contributed by atoms with Crippen LogP contribution < -0.4 is 10.9 Å². The minimum atomic E-state index is -0.110. The number of benzene rings is 2. The topological polar surface area (TPSA) is 57.8 Å². The van der Waals surface area contributed by atoms with Crippen LogP contribution in [0, 0.1) is 6.92 Å². The number of aromatic nitrogens is 2. The summed E-state index contributed by atoms with van der Waals surface area (Å²) in [5.74, 6) is 0. The lowest BCUT2D eigenvalue weighted by molar-refractivity contribution is 1.14. The van der Waals surface area contributed by atoms with Crippen molar-refractivity contribution in [2.45, 2.75) is 13.5 Å². The van der Waals surface area contributed by atoms with Crippen molar-refractivity contribution in [3.05, 3.63) is 82.3 Å². The van der Waals surface area contributed by atoms with E-state index in [2.05, 4.69) is 46.5 Å². The summed E-state index contributed by atoms with van der Waals surface area (Å²) in [6.07, 6.45) is 1.68. The minimum Gasteiger partial charge on any atom is -0.381 e. The van der Waals surface area contributed by atoms with E-state index >= 15 is 0 Å². The van der Waals surface area contributed by atoms with E-state index in [-0.39, 0.29) is 5.56 Å². The molecular weight excluding hydrogens is 298 g/mol. The summed E-state index contributed by atoms with van der Waals surface area (Å²) in [4.78, 5) is 19.3. The number of nitrogens with one attached hydrogen (secondary N) is 2. The molecule has 0 atom stereocenters. The third kappa shape index (κ3) is 2.63. The molecule has 2 aromatic carbocycles. The number of pyridine rings is 2. The van der Waals surface area contributed by atoms with Gasteiger partial charge in [-0.15, -0.1) is 0 Å². The second-order valence-electron chi connectivity index (χ2n) is 5.96. The van der Waals surface area contributed by atoms with Crippen molar-refractivity contribution < 1.29 is 0 Å². The molecular formula is C20H17N3O. The second kappa shape index (κ2) is 5.81. The van der Waals surface area contributed by atoms with Gasteiger partial charge in [0.1, 0.15) is 5.65 Å². The predicted octanol–water partition coefficient (Wildman–Crippen LogP) is 4.00. The van der Waals surface area contributed by atoms with Crippen LogP contribution in [-0.2, 0) is 6.54 Å². The second-order valence-corrected chi connectivity index (χ2v) is 5.96. The fourth-order valence-corrected chi connectivity index (χ4v) is 3.00. The first-order valence-corrected chi connectivity index (χ1v) is 7.91. The summed E-state index contributed by atoms with van der Waals surface area (Å²) >= 11 is 0. The van der Waals surface area contributed by atoms with Crippen molar-refractivity contribution >= 4 is 27.5 Å². The van der Waals surface area contributed by atoms with Gasteiger partial charge in [0.25, 0.3) is 5.56 Å². The van der Waals surface area contributed by atoms with Crippen molar-refractivity contribution in [2.24, 2.45) is 0 Å². The molecule has 0 saturated heterocycles. The van der Waals surface area contributed by atoms with Gasteiger partial charge in [0.05, 0.1) is 0 Å². The van der Waals surface area contributed by atoms with Crippen LogP contribution in [0.1, 0.15) is 11.1 Å². The largest absolute Gasteiger partial charge is 0.381 e. The number of aryl methyl sites for hydroxylation is 1. The summed E-state index contributed by atoms with van der Waals surface area (Å²) < 4.78 is 0. The van der Waals surface area contributed by atoms with Crippen LogP contribution in [0.2, 0.25) is 0 Å². The number of H-pyrrole nitrogens is 1. The van der Waals surface area contributed by atoms with Gasteiger partial charge in [0.2, 0.25) is 0 Å². The Morgan fingerprint density at radius 2 is 1.92 bits per heavy atom. The first-order chi connectivity index (χ1) is 11.7. The molecule has 0 bridgehead atoms. The number of fused-ring (bicyclic) bond motifs is 3. The van der Waals surface area contributed by atoms with Gasteiger partial charge in [-0.25, -0.2) is 4.98 Å². The monoisotopic (exact) mass is 315 g/mol. The Kier molecular flexibility index (Phi) is 3.50. The maximum atomic E-state index is 12.2. The molecule has 118 valence electrons. The van der Waals surface area contributed by atoms with Gasteiger partial charge < -0.3 is 10.3 Å². The van der Waals surface area contributed by atoms with Gasteiger partial charge in [-0.05, 0) is 42.8 Å². The van der Waals surface area contributed by atoms with E-state index in [1.54, 1.807) is 6.20 Å². The number of anilines is 1. The number of rotatable bonds is 3. The molecule has 24 heavy (non-hydrogen) atoms. The molecule has 0 unspecified atom stereocenters. The Hall–Kier alpha value is -3.14. The molecule has 2 aromatic heterocycles. The smallest absolute Gasteiger partial charge is 0.257 e. The Balaban J connectivity index is 1.74. The third-order valence-corrected chi connectivity index (χ3v) is 4.17. The van der Waals surface area contributed by atoms with Gasteiger partial charge in [0.15, 0.2) is 0 Å². The molecule has 0 fully saturated rings. The number of aromatic amines is 1. The van der Waals surface area contributed by atoms with Crippen LogP contribution in [-0.4, -0.2) is 9.97 Å². The van der Waals surface area contributed by atoms with Gasteiger partial charge in [-0.1, -0.05) is 29.8 Å². The van der Waals surface area contributed by atoms with Crippen LogP contribution in [0.3, 0.4) is 0 Å². The molecule has 2 N–H and O–H groups in total. The van der Waals surface area contributed by atoms with Crippen molar-refractivity contribution in [1.29, 1.82) is 0 Å². The molecule has 0 aliphatic carbocycles. The van der Waals surface area contributed by atoms with E-state index < -0.39 is 0 Å². The maximum Gasteiger partial charge on any atom is 0.257 e. The molecule has 0 aliphatic heterocycles. The highest BCUT2D eigenvalue weighted by atomic mass is 16.1. The van der Waals surface area contributed by atoms with E-state index in [0.717, 1.165) is 23.0 Å². The van der Waals surface area contributed by atoms with Crippen LogP contribution in [0.15, 0.2) is 65.6 Å². The lowest BCUT2D eigenvalue weighted by Gasteiger charge is -2.09. The average molecular weight is 315 g/mol. The summed E-state index contributed by atoms with van der Waals surface area (Å²) in [6, 6.07) is 18.1. The molecule has 2 heterocycles.